The lowest BCUT2D eigenvalue weighted by atomic mass is 10.1. The molecule has 0 aliphatic rings. The number of ether oxygens (including phenoxy) is 1. The van der Waals surface area contributed by atoms with E-state index in [4.69, 9.17) is 27.9 Å². The van der Waals surface area contributed by atoms with Gasteiger partial charge < -0.3 is 15.2 Å². The summed E-state index contributed by atoms with van der Waals surface area (Å²) in [5.74, 6) is -0.454. The Hall–Kier alpha value is -1.91. The number of anilines is 1. The Kier molecular flexibility index (Phi) is 4.37. The lowest BCUT2D eigenvalue weighted by molar-refractivity contribution is 0.102. The molecule has 0 fully saturated rings. The molecule has 2 aromatic rings. The smallest absolute Gasteiger partial charge is 0.263 e. The molecule has 0 saturated carbocycles. The zero-order chi connectivity index (χ0) is 14.7. The standard InChI is InChI=1S/C14H11Cl2NO3/c1-20-11-7-3-6-10(18)12(11)14(19)17-9-5-2-4-8(15)13(9)16/h2-7,18H,1H3,(H,17,19). The van der Waals surface area contributed by atoms with Crippen LogP contribution in [0.15, 0.2) is 36.4 Å². The first-order valence-electron chi connectivity index (χ1n) is 5.66. The van der Waals surface area contributed by atoms with E-state index < -0.39 is 5.91 Å². The van der Waals surface area contributed by atoms with Crippen LogP contribution in [0, 0.1) is 0 Å². The van der Waals surface area contributed by atoms with Crippen LogP contribution < -0.4 is 10.1 Å². The summed E-state index contributed by atoms with van der Waals surface area (Å²) in [5.41, 5.74) is 0.389. The maximum Gasteiger partial charge on any atom is 0.263 e. The van der Waals surface area contributed by atoms with Crippen LogP contribution in [-0.4, -0.2) is 18.1 Å². The highest BCUT2D eigenvalue weighted by atomic mass is 35.5. The normalized spacial score (nSPS) is 10.2. The van der Waals surface area contributed by atoms with Crippen molar-refractivity contribution in [3.05, 3.63) is 52.0 Å². The molecule has 2 rings (SSSR count). The average Bonchev–Trinajstić information content (AvgIpc) is 2.43. The topological polar surface area (TPSA) is 58.6 Å². The molecule has 0 spiro atoms. The summed E-state index contributed by atoms with van der Waals surface area (Å²) >= 11 is 11.9. The Morgan fingerprint density at radius 2 is 1.90 bits per heavy atom. The molecule has 20 heavy (non-hydrogen) atoms. The Balaban J connectivity index is 2.36. The lowest BCUT2D eigenvalue weighted by Crippen LogP contribution is -2.13. The lowest BCUT2D eigenvalue weighted by Gasteiger charge is -2.12. The Morgan fingerprint density at radius 3 is 2.60 bits per heavy atom. The maximum absolute atomic E-state index is 12.2. The van der Waals surface area contributed by atoms with Crippen LogP contribution in [0.25, 0.3) is 0 Å². The highest BCUT2D eigenvalue weighted by molar-refractivity contribution is 6.44. The van der Waals surface area contributed by atoms with Crippen LogP contribution >= 0.6 is 23.2 Å². The SMILES string of the molecule is COc1cccc(O)c1C(=O)Nc1cccc(Cl)c1Cl. The van der Waals surface area contributed by atoms with Gasteiger partial charge in [0.1, 0.15) is 17.1 Å². The van der Waals surface area contributed by atoms with Gasteiger partial charge >= 0.3 is 0 Å². The minimum atomic E-state index is -0.538. The van der Waals surface area contributed by atoms with Crippen molar-refractivity contribution in [1.82, 2.24) is 0 Å². The van der Waals surface area contributed by atoms with E-state index >= 15 is 0 Å². The summed E-state index contributed by atoms with van der Waals surface area (Å²) in [6.45, 7) is 0. The zero-order valence-electron chi connectivity index (χ0n) is 10.5. The molecule has 0 heterocycles. The Morgan fingerprint density at radius 1 is 1.20 bits per heavy atom. The second-order valence-corrected chi connectivity index (χ2v) is 4.70. The second-order valence-electron chi connectivity index (χ2n) is 3.91. The van der Waals surface area contributed by atoms with Crippen molar-refractivity contribution < 1.29 is 14.6 Å². The van der Waals surface area contributed by atoms with E-state index in [1.165, 1.54) is 13.2 Å². The molecule has 0 atom stereocenters. The third kappa shape index (κ3) is 2.81. The molecule has 2 N–H and O–H groups in total. The van der Waals surface area contributed by atoms with Crippen molar-refractivity contribution in [3.8, 4) is 11.5 Å². The number of methoxy groups -OCH3 is 1. The molecule has 0 aliphatic carbocycles. The molecule has 0 aromatic heterocycles. The van der Waals surface area contributed by atoms with Gasteiger partial charge in [-0.15, -0.1) is 0 Å². The average molecular weight is 312 g/mol. The molecule has 2 aromatic carbocycles. The van der Waals surface area contributed by atoms with Crippen LogP contribution in [0.1, 0.15) is 10.4 Å². The third-order valence-electron chi connectivity index (χ3n) is 2.65. The van der Waals surface area contributed by atoms with Gasteiger partial charge in [-0.3, -0.25) is 4.79 Å². The first kappa shape index (κ1) is 14.5. The summed E-state index contributed by atoms with van der Waals surface area (Å²) in [4.78, 5) is 12.2. The quantitative estimate of drug-likeness (QED) is 0.902. The number of aromatic hydroxyl groups is 1. The predicted molar refractivity (Wildman–Crippen MR) is 79.1 cm³/mol. The molecular formula is C14H11Cl2NO3. The van der Waals surface area contributed by atoms with Crippen molar-refractivity contribution >= 4 is 34.8 Å². The fourth-order valence-corrected chi connectivity index (χ4v) is 2.05. The van der Waals surface area contributed by atoms with Crippen molar-refractivity contribution in [3.63, 3.8) is 0 Å². The molecular weight excluding hydrogens is 301 g/mol. The van der Waals surface area contributed by atoms with Crippen molar-refractivity contribution in [2.24, 2.45) is 0 Å². The number of phenols is 1. The molecule has 1 amide bonds. The van der Waals surface area contributed by atoms with Crippen LogP contribution in [-0.2, 0) is 0 Å². The number of hydrogen-bond acceptors (Lipinski definition) is 3. The number of benzene rings is 2. The Bertz CT molecular complexity index is 659. The number of carbonyl (C=O) groups is 1. The monoisotopic (exact) mass is 311 g/mol. The van der Waals surface area contributed by atoms with Crippen molar-refractivity contribution in [2.75, 3.05) is 12.4 Å². The van der Waals surface area contributed by atoms with Crippen LogP contribution in [0.5, 0.6) is 11.5 Å². The fraction of sp³-hybridized carbons (Fsp3) is 0.0714. The summed E-state index contributed by atoms with van der Waals surface area (Å²) in [6, 6.07) is 9.44. The van der Waals surface area contributed by atoms with Gasteiger partial charge in [0.2, 0.25) is 0 Å². The minimum Gasteiger partial charge on any atom is -0.507 e. The fourth-order valence-electron chi connectivity index (χ4n) is 1.70. The summed E-state index contributed by atoms with van der Waals surface area (Å²) < 4.78 is 5.06. The van der Waals surface area contributed by atoms with E-state index in [0.29, 0.717) is 10.7 Å². The van der Waals surface area contributed by atoms with Crippen molar-refractivity contribution in [2.45, 2.75) is 0 Å². The number of phenolic OH excluding ortho intramolecular Hbond substituents is 1. The third-order valence-corrected chi connectivity index (χ3v) is 3.47. The number of halogens is 2. The number of amides is 1. The maximum atomic E-state index is 12.2. The molecule has 4 nitrogen and oxygen atoms in total. The van der Waals surface area contributed by atoms with Crippen LogP contribution in [0.2, 0.25) is 10.0 Å². The summed E-state index contributed by atoms with van der Waals surface area (Å²) in [6.07, 6.45) is 0. The highest BCUT2D eigenvalue weighted by Crippen LogP contribution is 2.32. The number of rotatable bonds is 3. The first-order chi connectivity index (χ1) is 9.54. The van der Waals surface area contributed by atoms with E-state index in [9.17, 15) is 9.90 Å². The van der Waals surface area contributed by atoms with E-state index in [-0.39, 0.29) is 22.1 Å². The molecule has 6 heteroatoms. The van der Waals surface area contributed by atoms with E-state index in [0.717, 1.165) is 0 Å². The van der Waals surface area contributed by atoms with Gasteiger partial charge in [0.25, 0.3) is 5.91 Å². The summed E-state index contributed by atoms with van der Waals surface area (Å²) in [7, 11) is 1.41. The van der Waals surface area contributed by atoms with Gasteiger partial charge in [0.15, 0.2) is 0 Å². The van der Waals surface area contributed by atoms with Crippen molar-refractivity contribution in [1.29, 1.82) is 0 Å². The predicted octanol–water partition coefficient (Wildman–Crippen LogP) is 3.96. The van der Waals surface area contributed by atoms with E-state index in [2.05, 4.69) is 5.32 Å². The molecule has 0 aliphatic heterocycles. The zero-order valence-corrected chi connectivity index (χ0v) is 12.0. The van der Waals surface area contributed by atoms with E-state index in [1.54, 1.807) is 30.3 Å². The van der Waals surface area contributed by atoms with Gasteiger partial charge in [-0.05, 0) is 24.3 Å². The molecule has 104 valence electrons. The molecule has 0 saturated heterocycles. The van der Waals surface area contributed by atoms with Crippen LogP contribution in [0.4, 0.5) is 5.69 Å². The van der Waals surface area contributed by atoms with Gasteiger partial charge in [0, 0.05) is 0 Å². The largest absolute Gasteiger partial charge is 0.507 e. The first-order valence-corrected chi connectivity index (χ1v) is 6.41. The number of carbonyl (C=O) groups excluding carboxylic acids is 1. The van der Waals surface area contributed by atoms with Gasteiger partial charge in [0.05, 0.1) is 22.8 Å². The number of nitrogens with one attached hydrogen (secondary N) is 1. The van der Waals surface area contributed by atoms with Crippen LogP contribution in [0.3, 0.4) is 0 Å². The molecule has 0 unspecified atom stereocenters. The van der Waals surface area contributed by atoms with Gasteiger partial charge in [-0.25, -0.2) is 0 Å². The number of hydrogen-bond donors (Lipinski definition) is 2. The summed E-state index contributed by atoms with van der Waals surface area (Å²) in [5, 5.41) is 12.9. The highest BCUT2D eigenvalue weighted by Gasteiger charge is 2.18. The Labute approximate surface area is 125 Å². The second kappa shape index (κ2) is 6.03. The molecule has 0 bridgehead atoms. The molecule has 0 radical (unpaired) electrons. The van der Waals surface area contributed by atoms with E-state index in [1.807, 2.05) is 0 Å². The minimum absolute atomic E-state index is 0.0334. The van der Waals surface area contributed by atoms with Gasteiger partial charge in [-0.2, -0.15) is 0 Å². The van der Waals surface area contributed by atoms with Gasteiger partial charge in [-0.1, -0.05) is 35.3 Å².